The molecule has 1 aliphatic rings. The minimum absolute atomic E-state index is 0.0950. The third-order valence-electron chi connectivity index (χ3n) is 4.27. The van der Waals surface area contributed by atoms with Crippen LogP contribution in [0.25, 0.3) is 0 Å². The number of hydrogen-bond donors (Lipinski definition) is 2. The van der Waals surface area contributed by atoms with Crippen LogP contribution in [0.2, 0.25) is 0 Å². The summed E-state index contributed by atoms with van der Waals surface area (Å²) in [6.45, 7) is 3.42. The van der Waals surface area contributed by atoms with Gasteiger partial charge in [-0.25, -0.2) is 4.79 Å². The van der Waals surface area contributed by atoms with Gasteiger partial charge in [0.15, 0.2) is 0 Å². The van der Waals surface area contributed by atoms with Gasteiger partial charge in [-0.2, -0.15) is 0 Å². The molecule has 142 valence electrons. The molecule has 3 rings (SSSR count). The van der Waals surface area contributed by atoms with Crippen molar-refractivity contribution in [3.63, 3.8) is 0 Å². The Morgan fingerprint density at radius 2 is 1.74 bits per heavy atom. The monoisotopic (exact) mass is 369 g/mol. The summed E-state index contributed by atoms with van der Waals surface area (Å²) >= 11 is 0. The van der Waals surface area contributed by atoms with Crippen LogP contribution in [0.15, 0.2) is 42.5 Å². The number of fused-ring (bicyclic) bond motifs is 1. The van der Waals surface area contributed by atoms with Crippen molar-refractivity contribution in [3.05, 3.63) is 53.6 Å². The Hall–Kier alpha value is -3.22. The Labute approximate surface area is 158 Å². The standard InChI is InChI=1S/C20H23N3O4/c1-3-27-17-8-5-16(6-9-17)22-19(24)11-21-20(25)23-12-14-4-7-18(26-2)10-15(14)13-23/h4-10H,3,11-13H2,1-2H3,(H,21,25)(H,22,24). The van der Waals surface area contributed by atoms with Gasteiger partial charge in [-0.15, -0.1) is 0 Å². The number of rotatable bonds is 6. The maximum atomic E-state index is 12.3. The topological polar surface area (TPSA) is 79.9 Å². The number of carbonyl (C=O) groups is 2. The molecule has 0 fully saturated rings. The lowest BCUT2D eigenvalue weighted by Crippen LogP contribution is -2.40. The van der Waals surface area contributed by atoms with Crippen LogP contribution in [0, 0.1) is 0 Å². The molecular formula is C20H23N3O4. The smallest absolute Gasteiger partial charge is 0.318 e. The highest BCUT2D eigenvalue weighted by molar-refractivity contribution is 5.94. The molecule has 0 radical (unpaired) electrons. The molecule has 0 saturated carbocycles. The van der Waals surface area contributed by atoms with E-state index >= 15 is 0 Å². The fourth-order valence-corrected chi connectivity index (χ4v) is 2.92. The highest BCUT2D eigenvalue weighted by atomic mass is 16.5. The van der Waals surface area contributed by atoms with Crippen molar-refractivity contribution in [2.75, 3.05) is 25.6 Å². The summed E-state index contributed by atoms with van der Waals surface area (Å²) in [5, 5.41) is 5.40. The molecule has 2 aromatic rings. The van der Waals surface area contributed by atoms with E-state index in [0.717, 1.165) is 22.6 Å². The van der Waals surface area contributed by atoms with E-state index in [1.54, 1.807) is 36.3 Å². The second-order valence-corrected chi connectivity index (χ2v) is 6.15. The second kappa shape index (κ2) is 8.44. The van der Waals surface area contributed by atoms with E-state index in [2.05, 4.69) is 10.6 Å². The van der Waals surface area contributed by atoms with E-state index in [1.807, 2.05) is 25.1 Å². The number of nitrogens with one attached hydrogen (secondary N) is 2. The van der Waals surface area contributed by atoms with Crippen molar-refractivity contribution in [1.29, 1.82) is 0 Å². The fourth-order valence-electron chi connectivity index (χ4n) is 2.92. The largest absolute Gasteiger partial charge is 0.497 e. The Bertz CT molecular complexity index is 820. The highest BCUT2D eigenvalue weighted by Crippen LogP contribution is 2.26. The summed E-state index contributed by atoms with van der Waals surface area (Å²) in [6, 6.07) is 12.6. The molecule has 0 bridgehead atoms. The highest BCUT2D eigenvalue weighted by Gasteiger charge is 2.23. The number of anilines is 1. The first-order chi connectivity index (χ1) is 13.1. The average Bonchev–Trinajstić information content (AvgIpc) is 3.11. The van der Waals surface area contributed by atoms with Crippen LogP contribution < -0.4 is 20.1 Å². The van der Waals surface area contributed by atoms with Gasteiger partial charge in [-0.3, -0.25) is 4.79 Å². The third-order valence-corrected chi connectivity index (χ3v) is 4.27. The predicted octanol–water partition coefficient (Wildman–Crippen LogP) is 2.76. The van der Waals surface area contributed by atoms with Crippen molar-refractivity contribution < 1.29 is 19.1 Å². The number of urea groups is 1. The zero-order valence-corrected chi connectivity index (χ0v) is 15.5. The molecule has 0 atom stereocenters. The van der Waals surface area contributed by atoms with Crippen LogP contribution in [0.4, 0.5) is 10.5 Å². The molecule has 27 heavy (non-hydrogen) atoms. The normalized spacial score (nSPS) is 12.3. The van der Waals surface area contributed by atoms with Crippen LogP contribution >= 0.6 is 0 Å². The number of ether oxygens (including phenoxy) is 2. The molecule has 0 aliphatic carbocycles. The number of nitrogens with zero attached hydrogens (tertiary/aromatic N) is 1. The van der Waals surface area contributed by atoms with Crippen LogP contribution in [-0.2, 0) is 17.9 Å². The lowest BCUT2D eigenvalue weighted by atomic mass is 10.1. The van der Waals surface area contributed by atoms with Gasteiger partial charge in [0.25, 0.3) is 0 Å². The number of benzene rings is 2. The minimum Gasteiger partial charge on any atom is -0.497 e. The van der Waals surface area contributed by atoms with Crippen LogP contribution in [0.5, 0.6) is 11.5 Å². The molecule has 0 saturated heterocycles. The molecule has 1 aliphatic heterocycles. The summed E-state index contributed by atoms with van der Waals surface area (Å²) in [5.41, 5.74) is 2.80. The van der Waals surface area contributed by atoms with E-state index in [1.165, 1.54) is 0 Å². The lowest BCUT2D eigenvalue weighted by Gasteiger charge is -2.16. The second-order valence-electron chi connectivity index (χ2n) is 6.15. The Morgan fingerprint density at radius 3 is 2.44 bits per heavy atom. The Kier molecular flexibility index (Phi) is 5.80. The van der Waals surface area contributed by atoms with Gasteiger partial charge in [0, 0.05) is 18.8 Å². The van der Waals surface area contributed by atoms with E-state index < -0.39 is 0 Å². The zero-order valence-electron chi connectivity index (χ0n) is 15.5. The van der Waals surface area contributed by atoms with Crippen molar-refractivity contribution in [3.8, 4) is 11.5 Å². The lowest BCUT2D eigenvalue weighted by molar-refractivity contribution is -0.115. The molecule has 0 spiro atoms. The van der Waals surface area contributed by atoms with E-state index in [9.17, 15) is 9.59 Å². The first kappa shape index (κ1) is 18.6. The van der Waals surface area contributed by atoms with Gasteiger partial charge in [0.2, 0.25) is 5.91 Å². The van der Waals surface area contributed by atoms with Crippen molar-refractivity contribution in [1.82, 2.24) is 10.2 Å². The van der Waals surface area contributed by atoms with Gasteiger partial charge < -0.3 is 25.0 Å². The molecule has 7 heteroatoms. The SMILES string of the molecule is CCOc1ccc(NC(=O)CNC(=O)N2Cc3ccc(OC)cc3C2)cc1. The van der Waals surface area contributed by atoms with Crippen LogP contribution in [-0.4, -0.2) is 37.1 Å². The number of carbonyl (C=O) groups excluding carboxylic acids is 2. The first-order valence-electron chi connectivity index (χ1n) is 8.80. The zero-order chi connectivity index (χ0) is 19.2. The fraction of sp³-hybridized carbons (Fsp3) is 0.300. The Balaban J connectivity index is 1.47. The average molecular weight is 369 g/mol. The van der Waals surface area contributed by atoms with Crippen molar-refractivity contribution in [2.45, 2.75) is 20.0 Å². The predicted molar refractivity (Wildman–Crippen MR) is 102 cm³/mol. The van der Waals surface area contributed by atoms with Gasteiger partial charge in [0.1, 0.15) is 11.5 Å². The van der Waals surface area contributed by atoms with Crippen LogP contribution in [0.3, 0.4) is 0 Å². The van der Waals surface area contributed by atoms with Gasteiger partial charge in [0.05, 0.1) is 20.3 Å². The van der Waals surface area contributed by atoms with Gasteiger partial charge in [-0.1, -0.05) is 6.07 Å². The molecule has 1 heterocycles. The van der Waals surface area contributed by atoms with E-state index in [-0.39, 0.29) is 18.5 Å². The molecular weight excluding hydrogens is 346 g/mol. The molecule has 0 unspecified atom stereocenters. The minimum atomic E-state index is -0.286. The molecule has 2 aromatic carbocycles. The summed E-state index contributed by atoms with van der Waals surface area (Å²) in [6.07, 6.45) is 0. The van der Waals surface area contributed by atoms with Crippen LogP contribution in [0.1, 0.15) is 18.1 Å². The summed E-state index contributed by atoms with van der Waals surface area (Å²) < 4.78 is 10.6. The summed E-state index contributed by atoms with van der Waals surface area (Å²) in [4.78, 5) is 26.0. The molecule has 0 aromatic heterocycles. The quantitative estimate of drug-likeness (QED) is 0.821. The number of amides is 3. The van der Waals surface area contributed by atoms with E-state index in [0.29, 0.717) is 25.4 Å². The van der Waals surface area contributed by atoms with Gasteiger partial charge in [-0.05, 0) is 54.4 Å². The maximum Gasteiger partial charge on any atom is 0.318 e. The molecule has 7 nitrogen and oxygen atoms in total. The van der Waals surface area contributed by atoms with Gasteiger partial charge >= 0.3 is 6.03 Å². The third kappa shape index (κ3) is 4.69. The molecule has 2 N–H and O–H groups in total. The number of methoxy groups -OCH3 is 1. The number of hydrogen-bond acceptors (Lipinski definition) is 4. The first-order valence-corrected chi connectivity index (χ1v) is 8.80. The maximum absolute atomic E-state index is 12.3. The summed E-state index contributed by atoms with van der Waals surface area (Å²) in [5.74, 6) is 1.23. The Morgan fingerprint density at radius 1 is 1.04 bits per heavy atom. The van der Waals surface area contributed by atoms with Crippen molar-refractivity contribution in [2.24, 2.45) is 0 Å². The molecule has 3 amide bonds. The summed E-state index contributed by atoms with van der Waals surface area (Å²) in [7, 11) is 1.62. The van der Waals surface area contributed by atoms with Crippen molar-refractivity contribution >= 4 is 17.6 Å². The van der Waals surface area contributed by atoms with E-state index in [4.69, 9.17) is 9.47 Å².